The van der Waals surface area contributed by atoms with Crippen LogP contribution in [0.3, 0.4) is 0 Å². The van der Waals surface area contributed by atoms with Crippen molar-refractivity contribution in [1.29, 1.82) is 0 Å². The first kappa shape index (κ1) is 24.7. The van der Waals surface area contributed by atoms with Gasteiger partial charge in [-0.2, -0.15) is 0 Å². The summed E-state index contributed by atoms with van der Waals surface area (Å²) in [4.78, 5) is 17.1. The first-order chi connectivity index (χ1) is 16.3. The molecule has 0 bridgehead atoms. The maximum absolute atomic E-state index is 12.9. The molecule has 0 spiro atoms. The van der Waals surface area contributed by atoms with Crippen molar-refractivity contribution in [2.45, 2.75) is 10.9 Å². The van der Waals surface area contributed by atoms with E-state index in [9.17, 15) is 13.2 Å². The van der Waals surface area contributed by atoms with E-state index in [2.05, 4.69) is 9.62 Å². The van der Waals surface area contributed by atoms with Crippen molar-refractivity contribution in [2.75, 3.05) is 32.7 Å². The van der Waals surface area contributed by atoms with Crippen LogP contribution in [-0.2, 0) is 10.0 Å². The summed E-state index contributed by atoms with van der Waals surface area (Å²) in [7, 11) is -3.70. The molecule has 0 aromatic heterocycles. The van der Waals surface area contributed by atoms with Gasteiger partial charge < -0.3 is 4.90 Å². The Hall–Kier alpha value is -2.42. The van der Waals surface area contributed by atoms with E-state index in [1.54, 1.807) is 41.3 Å². The largest absolute Gasteiger partial charge is 0.336 e. The quantitative estimate of drug-likeness (QED) is 0.501. The lowest BCUT2D eigenvalue weighted by Crippen LogP contribution is -2.51. The zero-order chi connectivity index (χ0) is 24.1. The summed E-state index contributed by atoms with van der Waals surface area (Å²) in [6.07, 6.45) is 0. The van der Waals surface area contributed by atoms with E-state index in [-0.39, 0.29) is 23.4 Å². The number of nitrogens with one attached hydrogen (secondary N) is 1. The Morgan fingerprint density at radius 2 is 1.47 bits per heavy atom. The summed E-state index contributed by atoms with van der Waals surface area (Å²) in [5.41, 5.74) is 1.50. The number of amides is 1. The second-order valence-corrected chi connectivity index (χ2v) is 10.7. The lowest BCUT2D eigenvalue weighted by Gasteiger charge is -2.39. The third-order valence-corrected chi connectivity index (χ3v) is 7.94. The highest BCUT2D eigenvalue weighted by Crippen LogP contribution is 2.24. The molecular weight excluding hydrogens is 493 g/mol. The van der Waals surface area contributed by atoms with Gasteiger partial charge in [0.05, 0.1) is 15.5 Å². The summed E-state index contributed by atoms with van der Waals surface area (Å²) in [6, 6.07) is 22.7. The van der Waals surface area contributed by atoms with E-state index in [4.69, 9.17) is 23.2 Å². The number of rotatable bonds is 7. The molecule has 1 saturated heterocycles. The molecule has 1 fully saturated rings. The van der Waals surface area contributed by atoms with Crippen LogP contribution in [0.4, 0.5) is 0 Å². The van der Waals surface area contributed by atoms with Gasteiger partial charge in [0.15, 0.2) is 0 Å². The molecule has 3 aromatic carbocycles. The van der Waals surface area contributed by atoms with Gasteiger partial charge >= 0.3 is 0 Å². The van der Waals surface area contributed by atoms with Crippen LogP contribution in [0, 0.1) is 0 Å². The molecule has 1 unspecified atom stereocenters. The van der Waals surface area contributed by atoms with Gasteiger partial charge in [-0.3, -0.25) is 9.69 Å². The minimum Gasteiger partial charge on any atom is -0.336 e. The molecule has 9 heteroatoms. The predicted octanol–water partition coefficient (Wildman–Crippen LogP) is 4.47. The molecule has 3 aromatic rings. The van der Waals surface area contributed by atoms with Gasteiger partial charge in [0, 0.05) is 43.8 Å². The fraction of sp³-hybridized carbons (Fsp3) is 0.240. The molecule has 1 atom stereocenters. The van der Waals surface area contributed by atoms with Crippen LogP contribution in [0.15, 0.2) is 83.8 Å². The summed E-state index contributed by atoms with van der Waals surface area (Å²) in [5, 5.41) is 0.916. The first-order valence-corrected chi connectivity index (χ1v) is 13.2. The molecule has 0 saturated carbocycles. The van der Waals surface area contributed by atoms with Crippen molar-refractivity contribution in [3.63, 3.8) is 0 Å². The van der Waals surface area contributed by atoms with Crippen LogP contribution in [0.2, 0.25) is 10.0 Å². The maximum Gasteiger partial charge on any atom is 0.255 e. The Balaban J connectivity index is 1.46. The average molecular weight is 518 g/mol. The lowest BCUT2D eigenvalue weighted by atomic mass is 10.0. The number of hydrogen-bond donors (Lipinski definition) is 1. The summed E-state index contributed by atoms with van der Waals surface area (Å²) in [6.45, 7) is 2.47. The first-order valence-electron chi connectivity index (χ1n) is 10.9. The SMILES string of the molecule is O=C(c1ccccc1Cl)N1CCN(C(CNS(=O)(=O)c2ccc(Cl)cc2)c2ccccc2)CC1. The van der Waals surface area contributed by atoms with Crippen LogP contribution in [-0.4, -0.2) is 56.8 Å². The number of nitrogens with zero attached hydrogens (tertiary/aromatic N) is 2. The Labute approximate surface area is 210 Å². The number of carbonyl (C=O) groups is 1. The summed E-state index contributed by atoms with van der Waals surface area (Å²) >= 11 is 12.1. The molecule has 4 rings (SSSR count). The van der Waals surface area contributed by atoms with Crippen LogP contribution in [0.5, 0.6) is 0 Å². The van der Waals surface area contributed by atoms with E-state index in [1.807, 2.05) is 30.3 Å². The third kappa shape index (κ3) is 5.79. The molecule has 1 aliphatic heterocycles. The van der Waals surface area contributed by atoms with E-state index >= 15 is 0 Å². The molecule has 34 heavy (non-hydrogen) atoms. The fourth-order valence-corrected chi connectivity index (χ4v) is 5.44. The topological polar surface area (TPSA) is 69.7 Å². The molecular formula is C25H25Cl2N3O3S. The van der Waals surface area contributed by atoms with Gasteiger partial charge in [0.1, 0.15) is 0 Å². The smallest absolute Gasteiger partial charge is 0.255 e. The minimum absolute atomic E-state index is 0.0926. The van der Waals surface area contributed by atoms with E-state index in [1.165, 1.54) is 12.1 Å². The predicted molar refractivity (Wildman–Crippen MR) is 135 cm³/mol. The number of carbonyl (C=O) groups excluding carboxylic acids is 1. The molecule has 1 aliphatic rings. The zero-order valence-electron chi connectivity index (χ0n) is 18.4. The number of piperazine rings is 1. The van der Waals surface area contributed by atoms with Crippen molar-refractivity contribution in [3.05, 3.63) is 100 Å². The number of benzene rings is 3. The molecule has 178 valence electrons. The van der Waals surface area contributed by atoms with Crippen molar-refractivity contribution in [3.8, 4) is 0 Å². The summed E-state index contributed by atoms with van der Waals surface area (Å²) in [5.74, 6) is -0.0926. The monoisotopic (exact) mass is 517 g/mol. The van der Waals surface area contributed by atoms with E-state index < -0.39 is 10.0 Å². The molecule has 1 N–H and O–H groups in total. The van der Waals surface area contributed by atoms with Crippen molar-refractivity contribution in [1.82, 2.24) is 14.5 Å². The minimum atomic E-state index is -3.70. The second-order valence-electron chi connectivity index (χ2n) is 8.04. The van der Waals surface area contributed by atoms with Gasteiger partial charge in [0.25, 0.3) is 5.91 Å². The second kappa shape index (κ2) is 10.9. The van der Waals surface area contributed by atoms with Gasteiger partial charge in [-0.05, 0) is 42.0 Å². The van der Waals surface area contributed by atoms with Gasteiger partial charge in [-0.15, -0.1) is 0 Å². The highest BCUT2D eigenvalue weighted by molar-refractivity contribution is 7.89. The highest BCUT2D eigenvalue weighted by atomic mass is 35.5. The van der Waals surface area contributed by atoms with Gasteiger partial charge in [-0.25, -0.2) is 13.1 Å². The Morgan fingerprint density at radius 1 is 0.853 bits per heavy atom. The van der Waals surface area contributed by atoms with Gasteiger partial charge in [0.2, 0.25) is 10.0 Å². The van der Waals surface area contributed by atoms with Crippen LogP contribution in [0.1, 0.15) is 22.0 Å². The number of hydrogen-bond acceptors (Lipinski definition) is 4. The normalized spacial score (nSPS) is 15.8. The molecule has 1 heterocycles. The van der Waals surface area contributed by atoms with E-state index in [0.717, 1.165) is 5.56 Å². The third-order valence-electron chi connectivity index (χ3n) is 5.92. The lowest BCUT2D eigenvalue weighted by molar-refractivity contribution is 0.0571. The van der Waals surface area contributed by atoms with E-state index in [0.29, 0.717) is 41.8 Å². The average Bonchev–Trinajstić information content (AvgIpc) is 2.85. The van der Waals surface area contributed by atoms with Crippen molar-refractivity contribution >= 4 is 39.1 Å². The standard InChI is InChI=1S/C25H25Cl2N3O3S/c26-20-10-12-21(13-11-20)34(32,33)28-18-24(19-6-2-1-3-7-19)29-14-16-30(17-15-29)25(31)22-8-4-5-9-23(22)27/h1-13,24,28H,14-18H2. The Morgan fingerprint density at radius 3 is 2.12 bits per heavy atom. The highest BCUT2D eigenvalue weighted by Gasteiger charge is 2.29. The maximum atomic E-state index is 12.9. The zero-order valence-corrected chi connectivity index (χ0v) is 20.7. The number of halogens is 2. The van der Waals surface area contributed by atoms with Gasteiger partial charge in [-0.1, -0.05) is 65.7 Å². The molecule has 0 aliphatic carbocycles. The fourth-order valence-electron chi connectivity index (χ4n) is 4.06. The molecule has 6 nitrogen and oxygen atoms in total. The van der Waals surface area contributed by atoms with Crippen molar-refractivity contribution < 1.29 is 13.2 Å². The van der Waals surface area contributed by atoms with Crippen molar-refractivity contribution in [2.24, 2.45) is 0 Å². The molecule has 1 amide bonds. The van der Waals surface area contributed by atoms with Crippen LogP contribution >= 0.6 is 23.2 Å². The van der Waals surface area contributed by atoms with Crippen LogP contribution < -0.4 is 4.72 Å². The van der Waals surface area contributed by atoms with Crippen LogP contribution in [0.25, 0.3) is 0 Å². The number of sulfonamides is 1. The Bertz CT molecular complexity index is 1230. The molecule has 0 radical (unpaired) electrons. The Kier molecular flexibility index (Phi) is 7.91. The summed E-state index contributed by atoms with van der Waals surface area (Å²) < 4.78 is 28.5.